The average molecular weight is 319 g/mol. The van der Waals surface area contributed by atoms with E-state index in [1.54, 1.807) is 24.3 Å². The molecule has 1 aliphatic heterocycles. The number of carbonyl (C=O) groups excluding carboxylic acids is 2. The summed E-state index contributed by atoms with van der Waals surface area (Å²) in [5.74, 6) is -0.385. The lowest BCUT2D eigenvalue weighted by Crippen LogP contribution is -2.52. The number of methoxy groups -OCH3 is 1. The van der Waals surface area contributed by atoms with Crippen LogP contribution in [0.5, 0.6) is 0 Å². The number of benzene rings is 1. The van der Waals surface area contributed by atoms with Gasteiger partial charge in [0.05, 0.1) is 12.7 Å². The van der Waals surface area contributed by atoms with Crippen molar-refractivity contribution in [3.8, 4) is 0 Å². The van der Waals surface area contributed by atoms with Crippen LogP contribution in [0.15, 0.2) is 24.3 Å². The van der Waals surface area contributed by atoms with E-state index in [1.165, 1.54) is 7.11 Å². The molecule has 0 aliphatic carbocycles. The van der Waals surface area contributed by atoms with Crippen LogP contribution in [0.4, 0.5) is 10.5 Å². The number of hydrogen-bond donors (Lipinski definition) is 1. The number of anilines is 1. The van der Waals surface area contributed by atoms with Crippen molar-refractivity contribution in [2.24, 2.45) is 0 Å². The lowest BCUT2D eigenvalue weighted by Gasteiger charge is -2.37. The SMILES string of the molecule is CCC(C)N1CCN(C(=O)Nc2ccc(C(=O)OC)cc2)CC1. The first-order valence-corrected chi connectivity index (χ1v) is 8.03. The number of amides is 2. The van der Waals surface area contributed by atoms with Gasteiger partial charge in [-0.15, -0.1) is 0 Å². The number of ether oxygens (including phenoxy) is 1. The summed E-state index contributed by atoms with van der Waals surface area (Å²) in [6.07, 6.45) is 1.12. The second-order valence-electron chi connectivity index (χ2n) is 5.78. The summed E-state index contributed by atoms with van der Waals surface area (Å²) in [6.45, 7) is 7.68. The van der Waals surface area contributed by atoms with Gasteiger partial charge in [0, 0.05) is 37.9 Å². The molecule has 0 aromatic heterocycles. The van der Waals surface area contributed by atoms with Gasteiger partial charge in [-0.25, -0.2) is 9.59 Å². The molecule has 0 saturated carbocycles. The predicted molar refractivity (Wildman–Crippen MR) is 89.7 cm³/mol. The van der Waals surface area contributed by atoms with E-state index in [1.807, 2.05) is 4.90 Å². The third-order valence-corrected chi connectivity index (χ3v) is 4.37. The number of hydrogen-bond acceptors (Lipinski definition) is 4. The fourth-order valence-corrected chi connectivity index (χ4v) is 2.63. The molecular formula is C17H25N3O3. The third-order valence-electron chi connectivity index (χ3n) is 4.37. The van der Waals surface area contributed by atoms with Gasteiger partial charge in [0.1, 0.15) is 0 Å². The maximum Gasteiger partial charge on any atom is 0.337 e. The van der Waals surface area contributed by atoms with E-state index in [-0.39, 0.29) is 12.0 Å². The molecule has 0 spiro atoms. The van der Waals surface area contributed by atoms with Gasteiger partial charge in [0.2, 0.25) is 0 Å². The van der Waals surface area contributed by atoms with Crippen molar-refractivity contribution in [2.45, 2.75) is 26.3 Å². The Morgan fingerprint density at radius 1 is 1.17 bits per heavy atom. The lowest BCUT2D eigenvalue weighted by atomic mass is 10.2. The van der Waals surface area contributed by atoms with E-state index >= 15 is 0 Å². The highest BCUT2D eigenvalue weighted by molar-refractivity contribution is 5.92. The largest absolute Gasteiger partial charge is 0.465 e. The standard InChI is InChI=1S/C17H25N3O3/c1-4-13(2)19-9-11-20(12-10-19)17(22)18-15-7-5-14(6-8-15)16(21)23-3/h5-8,13H,4,9-12H2,1-3H3,(H,18,22). The van der Waals surface area contributed by atoms with Crippen LogP contribution in [0, 0.1) is 0 Å². The average Bonchev–Trinajstić information content (AvgIpc) is 2.61. The summed E-state index contributed by atoms with van der Waals surface area (Å²) in [4.78, 5) is 27.9. The van der Waals surface area contributed by atoms with Crippen molar-refractivity contribution in [2.75, 3.05) is 38.6 Å². The van der Waals surface area contributed by atoms with Gasteiger partial charge in [0.15, 0.2) is 0 Å². The number of urea groups is 1. The Morgan fingerprint density at radius 3 is 2.30 bits per heavy atom. The lowest BCUT2D eigenvalue weighted by molar-refractivity contribution is 0.0601. The Morgan fingerprint density at radius 2 is 1.78 bits per heavy atom. The maximum atomic E-state index is 12.3. The second kappa shape index (κ2) is 7.97. The first kappa shape index (κ1) is 17.3. The molecule has 1 unspecified atom stereocenters. The Bertz CT molecular complexity index is 537. The third kappa shape index (κ3) is 4.45. The Balaban J connectivity index is 1.86. The molecule has 1 atom stereocenters. The Labute approximate surface area is 137 Å². The molecule has 6 nitrogen and oxygen atoms in total. The van der Waals surface area contributed by atoms with Crippen LogP contribution in [0.25, 0.3) is 0 Å². The summed E-state index contributed by atoms with van der Waals surface area (Å²) in [7, 11) is 1.34. The van der Waals surface area contributed by atoms with Crippen LogP contribution < -0.4 is 5.32 Å². The zero-order chi connectivity index (χ0) is 16.8. The molecule has 1 fully saturated rings. The van der Waals surface area contributed by atoms with Crippen LogP contribution in [0.3, 0.4) is 0 Å². The summed E-state index contributed by atoms with van der Waals surface area (Å²) in [5.41, 5.74) is 1.14. The fraction of sp³-hybridized carbons (Fsp3) is 0.529. The van der Waals surface area contributed by atoms with Crippen molar-refractivity contribution < 1.29 is 14.3 Å². The van der Waals surface area contributed by atoms with E-state index in [0.29, 0.717) is 17.3 Å². The number of esters is 1. The molecule has 0 radical (unpaired) electrons. The molecule has 1 aromatic carbocycles. The zero-order valence-electron chi connectivity index (χ0n) is 14.0. The highest BCUT2D eigenvalue weighted by Crippen LogP contribution is 2.13. The van der Waals surface area contributed by atoms with Crippen LogP contribution in [-0.4, -0.2) is 61.1 Å². The zero-order valence-corrected chi connectivity index (χ0v) is 14.0. The van der Waals surface area contributed by atoms with Crippen LogP contribution in [0.2, 0.25) is 0 Å². The number of nitrogens with one attached hydrogen (secondary N) is 1. The van der Waals surface area contributed by atoms with Crippen molar-refractivity contribution in [1.82, 2.24) is 9.80 Å². The van der Waals surface area contributed by atoms with Gasteiger partial charge < -0.3 is 15.0 Å². The highest BCUT2D eigenvalue weighted by Gasteiger charge is 2.23. The molecule has 2 amide bonds. The summed E-state index contributed by atoms with van der Waals surface area (Å²) < 4.78 is 4.65. The number of rotatable bonds is 4. The molecule has 6 heteroatoms. The first-order valence-electron chi connectivity index (χ1n) is 8.03. The van der Waals surface area contributed by atoms with Gasteiger partial charge in [-0.3, -0.25) is 4.90 Å². The van der Waals surface area contributed by atoms with Gasteiger partial charge in [0.25, 0.3) is 0 Å². The minimum absolute atomic E-state index is 0.0976. The summed E-state index contributed by atoms with van der Waals surface area (Å²) >= 11 is 0. The second-order valence-corrected chi connectivity index (χ2v) is 5.78. The molecule has 1 heterocycles. The molecule has 1 N–H and O–H groups in total. The van der Waals surface area contributed by atoms with Crippen molar-refractivity contribution in [1.29, 1.82) is 0 Å². The Hall–Kier alpha value is -2.08. The Kier molecular flexibility index (Phi) is 5.98. The molecule has 1 saturated heterocycles. The van der Waals surface area contributed by atoms with E-state index < -0.39 is 0 Å². The fourth-order valence-electron chi connectivity index (χ4n) is 2.63. The number of piperazine rings is 1. The minimum Gasteiger partial charge on any atom is -0.465 e. The maximum absolute atomic E-state index is 12.3. The minimum atomic E-state index is -0.385. The van der Waals surface area contributed by atoms with Gasteiger partial charge >= 0.3 is 12.0 Å². The molecule has 0 bridgehead atoms. The van der Waals surface area contributed by atoms with E-state index in [0.717, 1.165) is 32.6 Å². The summed E-state index contributed by atoms with van der Waals surface area (Å²) in [6, 6.07) is 7.16. The molecule has 2 rings (SSSR count). The first-order chi connectivity index (χ1) is 11.0. The number of carbonyl (C=O) groups is 2. The monoisotopic (exact) mass is 319 g/mol. The van der Waals surface area contributed by atoms with E-state index in [4.69, 9.17) is 0 Å². The number of nitrogens with zero attached hydrogens (tertiary/aromatic N) is 2. The van der Waals surface area contributed by atoms with Crippen molar-refractivity contribution in [3.63, 3.8) is 0 Å². The summed E-state index contributed by atoms with van der Waals surface area (Å²) in [5, 5.41) is 2.87. The van der Waals surface area contributed by atoms with Gasteiger partial charge in [-0.2, -0.15) is 0 Å². The van der Waals surface area contributed by atoms with Crippen molar-refractivity contribution >= 4 is 17.7 Å². The topological polar surface area (TPSA) is 61.9 Å². The van der Waals surface area contributed by atoms with Crippen molar-refractivity contribution in [3.05, 3.63) is 29.8 Å². The highest BCUT2D eigenvalue weighted by atomic mass is 16.5. The quantitative estimate of drug-likeness (QED) is 0.866. The van der Waals surface area contributed by atoms with Gasteiger partial charge in [-0.05, 0) is 37.6 Å². The molecule has 126 valence electrons. The molecule has 1 aliphatic rings. The van der Waals surface area contributed by atoms with Crippen LogP contribution in [0.1, 0.15) is 30.6 Å². The molecule has 1 aromatic rings. The normalized spacial score (nSPS) is 16.7. The van der Waals surface area contributed by atoms with Crippen LogP contribution >= 0.6 is 0 Å². The molecule has 23 heavy (non-hydrogen) atoms. The smallest absolute Gasteiger partial charge is 0.337 e. The van der Waals surface area contributed by atoms with E-state index in [2.05, 4.69) is 28.8 Å². The van der Waals surface area contributed by atoms with E-state index in [9.17, 15) is 9.59 Å². The predicted octanol–water partition coefficient (Wildman–Crippen LogP) is 2.42. The van der Waals surface area contributed by atoms with Crippen LogP contribution in [-0.2, 0) is 4.74 Å². The van der Waals surface area contributed by atoms with Gasteiger partial charge in [-0.1, -0.05) is 6.92 Å². The molecular weight excluding hydrogens is 294 g/mol.